The van der Waals surface area contributed by atoms with E-state index in [1.807, 2.05) is 42.5 Å². The Balaban J connectivity index is 1.40. The van der Waals surface area contributed by atoms with E-state index in [-0.39, 0.29) is 5.92 Å². The van der Waals surface area contributed by atoms with Gasteiger partial charge in [0.1, 0.15) is 5.75 Å². The molecule has 1 fully saturated rings. The van der Waals surface area contributed by atoms with Crippen LogP contribution in [-0.2, 0) is 11.2 Å². The SMILES string of the molecule is C=C(Cc1ccccc1)N1CC[C@@H](CC[C@@H](O)c2ccnc3ccc(OC)cc23)[C@@H](C(=O)O)C1. The number of ether oxygens (including phenoxy) is 1. The molecule has 4 rings (SSSR count). The maximum Gasteiger partial charge on any atom is 0.308 e. The van der Waals surface area contributed by atoms with E-state index in [4.69, 9.17) is 4.74 Å². The van der Waals surface area contributed by atoms with Crippen molar-refractivity contribution in [2.45, 2.75) is 31.8 Å². The number of hydrogen-bond donors (Lipinski definition) is 2. The molecule has 0 aliphatic carbocycles. The molecule has 6 heteroatoms. The lowest BCUT2D eigenvalue weighted by Gasteiger charge is -2.39. The van der Waals surface area contributed by atoms with E-state index in [2.05, 4.69) is 28.6 Å². The van der Waals surface area contributed by atoms with Crippen molar-refractivity contribution in [3.05, 3.63) is 84.2 Å². The average molecular weight is 461 g/mol. The summed E-state index contributed by atoms with van der Waals surface area (Å²) in [5, 5.41) is 21.8. The Labute approximate surface area is 200 Å². The van der Waals surface area contributed by atoms with Crippen LogP contribution in [0, 0.1) is 11.8 Å². The predicted molar refractivity (Wildman–Crippen MR) is 133 cm³/mol. The number of rotatable bonds is 9. The molecule has 2 aromatic carbocycles. The Morgan fingerprint density at radius 3 is 2.76 bits per heavy atom. The summed E-state index contributed by atoms with van der Waals surface area (Å²) in [7, 11) is 1.61. The lowest BCUT2D eigenvalue weighted by molar-refractivity contribution is -0.146. The third kappa shape index (κ3) is 5.39. The van der Waals surface area contributed by atoms with Crippen molar-refractivity contribution in [3.8, 4) is 5.75 Å². The number of aliphatic hydroxyl groups excluding tert-OH is 1. The number of piperidine rings is 1. The lowest BCUT2D eigenvalue weighted by Crippen LogP contribution is -2.43. The number of carboxylic acid groups (broad SMARTS) is 1. The van der Waals surface area contributed by atoms with Crippen LogP contribution in [0.2, 0.25) is 0 Å². The van der Waals surface area contributed by atoms with Gasteiger partial charge in [-0.3, -0.25) is 9.78 Å². The Kier molecular flexibility index (Phi) is 7.48. The van der Waals surface area contributed by atoms with Crippen LogP contribution in [0.5, 0.6) is 5.75 Å². The topological polar surface area (TPSA) is 82.9 Å². The van der Waals surface area contributed by atoms with Gasteiger partial charge in [0.2, 0.25) is 0 Å². The zero-order valence-corrected chi connectivity index (χ0v) is 19.6. The van der Waals surface area contributed by atoms with Crippen molar-refractivity contribution in [2.24, 2.45) is 11.8 Å². The summed E-state index contributed by atoms with van der Waals surface area (Å²) in [5.41, 5.74) is 3.72. The minimum atomic E-state index is -0.782. The molecular formula is C28H32N2O4. The fourth-order valence-electron chi connectivity index (χ4n) is 4.95. The molecule has 3 aromatic rings. The van der Waals surface area contributed by atoms with E-state index < -0.39 is 18.0 Å². The summed E-state index contributed by atoms with van der Waals surface area (Å²) in [4.78, 5) is 18.6. The molecular weight excluding hydrogens is 428 g/mol. The first kappa shape index (κ1) is 23.8. The maximum absolute atomic E-state index is 12.1. The number of methoxy groups -OCH3 is 1. The van der Waals surface area contributed by atoms with E-state index in [0.717, 1.165) is 41.5 Å². The third-order valence-corrected chi connectivity index (χ3v) is 6.92. The van der Waals surface area contributed by atoms with Gasteiger partial charge in [0.05, 0.1) is 24.6 Å². The second-order valence-electron chi connectivity index (χ2n) is 9.04. The zero-order chi connectivity index (χ0) is 24.1. The summed E-state index contributed by atoms with van der Waals surface area (Å²) >= 11 is 0. The molecule has 3 atom stereocenters. The highest BCUT2D eigenvalue weighted by Crippen LogP contribution is 2.34. The molecule has 0 bridgehead atoms. The number of carbonyl (C=O) groups is 1. The molecule has 1 saturated heterocycles. The number of carboxylic acids is 1. The normalized spacial score (nSPS) is 19.1. The standard InChI is InChI=1S/C28H32N2O4/c1-19(16-20-6-4-3-5-7-20)30-15-13-21(25(18-30)28(32)33)8-11-27(31)23-12-14-29-26-10-9-22(34-2)17-24(23)26/h3-7,9-10,12,14,17,21,25,27,31H,1,8,11,13,15-16,18H2,2H3,(H,32,33)/t21-,25+,27-/m1/s1. The Morgan fingerprint density at radius 2 is 2.03 bits per heavy atom. The van der Waals surface area contributed by atoms with Crippen molar-refractivity contribution < 1.29 is 19.7 Å². The van der Waals surface area contributed by atoms with Crippen LogP contribution in [0.1, 0.15) is 36.5 Å². The molecule has 0 saturated carbocycles. The number of benzene rings is 2. The quantitative estimate of drug-likeness (QED) is 0.476. The molecule has 178 valence electrons. The molecule has 0 radical (unpaired) electrons. The molecule has 6 nitrogen and oxygen atoms in total. The van der Waals surface area contributed by atoms with E-state index in [0.29, 0.717) is 25.1 Å². The van der Waals surface area contributed by atoms with Gasteiger partial charge in [0.15, 0.2) is 0 Å². The monoisotopic (exact) mass is 460 g/mol. The molecule has 1 aliphatic heterocycles. The highest BCUT2D eigenvalue weighted by molar-refractivity contribution is 5.83. The highest BCUT2D eigenvalue weighted by Gasteiger charge is 2.35. The summed E-state index contributed by atoms with van der Waals surface area (Å²) < 4.78 is 5.33. The van der Waals surface area contributed by atoms with Gasteiger partial charge in [0.25, 0.3) is 0 Å². The van der Waals surface area contributed by atoms with E-state index in [1.54, 1.807) is 13.3 Å². The van der Waals surface area contributed by atoms with Crippen LogP contribution in [0.15, 0.2) is 73.1 Å². The van der Waals surface area contributed by atoms with Crippen molar-refractivity contribution in [1.29, 1.82) is 0 Å². The number of fused-ring (bicyclic) bond motifs is 1. The van der Waals surface area contributed by atoms with E-state index in [1.165, 1.54) is 5.56 Å². The number of aliphatic hydroxyl groups is 1. The van der Waals surface area contributed by atoms with Gasteiger partial charge in [-0.05, 0) is 60.6 Å². The van der Waals surface area contributed by atoms with E-state index in [9.17, 15) is 15.0 Å². The molecule has 1 aromatic heterocycles. The molecule has 0 unspecified atom stereocenters. The average Bonchev–Trinajstić information content (AvgIpc) is 2.86. The fraction of sp³-hybridized carbons (Fsp3) is 0.357. The number of likely N-dealkylation sites (tertiary alicyclic amines) is 1. The minimum absolute atomic E-state index is 0.00978. The van der Waals surface area contributed by atoms with Crippen molar-refractivity contribution >= 4 is 16.9 Å². The molecule has 0 spiro atoms. The van der Waals surface area contributed by atoms with Crippen molar-refractivity contribution in [3.63, 3.8) is 0 Å². The van der Waals surface area contributed by atoms with Crippen LogP contribution >= 0.6 is 0 Å². The second-order valence-corrected chi connectivity index (χ2v) is 9.04. The van der Waals surface area contributed by atoms with E-state index >= 15 is 0 Å². The van der Waals surface area contributed by atoms with Gasteiger partial charge in [-0.2, -0.15) is 0 Å². The van der Waals surface area contributed by atoms with Gasteiger partial charge >= 0.3 is 5.97 Å². The first-order chi connectivity index (χ1) is 16.5. The number of aromatic nitrogens is 1. The Morgan fingerprint density at radius 1 is 1.24 bits per heavy atom. The number of aliphatic carboxylic acids is 1. The Bertz CT molecular complexity index is 1150. The molecule has 2 N–H and O–H groups in total. The van der Waals surface area contributed by atoms with Crippen molar-refractivity contribution in [1.82, 2.24) is 9.88 Å². The highest BCUT2D eigenvalue weighted by atomic mass is 16.5. The number of pyridine rings is 1. The largest absolute Gasteiger partial charge is 0.497 e. The summed E-state index contributed by atoms with van der Waals surface area (Å²) in [6.07, 6.45) is 3.63. The summed E-state index contributed by atoms with van der Waals surface area (Å²) in [6, 6.07) is 17.6. The summed E-state index contributed by atoms with van der Waals surface area (Å²) in [5.74, 6) is -0.544. The van der Waals surface area contributed by atoms with Gasteiger partial charge in [-0.1, -0.05) is 36.9 Å². The fourth-order valence-corrected chi connectivity index (χ4v) is 4.95. The predicted octanol–water partition coefficient (Wildman–Crippen LogP) is 4.84. The van der Waals surface area contributed by atoms with Crippen LogP contribution in [-0.4, -0.2) is 46.3 Å². The molecule has 1 aliphatic rings. The smallest absolute Gasteiger partial charge is 0.308 e. The number of nitrogens with zero attached hydrogens (tertiary/aromatic N) is 2. The molecule has 2 heterocycles. The first-order valence-electron chi connectivity index (χ1n) is 11.8. The Hall–Kier alpha value is -3.38. The molecule has 34 heavy (non-hydrogen) atoms. The van der Waals surface area contributed by atoms with Crippen LogP contribution < -0.4 is 4.74 Å². The van der Waals surface area contributed by atoms with Gasteiger partial charge in [0, 0.05) is 36.8 Å². The van der Waals surface area contributed by atoms with Crippen LogP contribution in [0.3, 0.4) is 0 Å². The number of allylic oxidation sites excluding steroid dienone is 1. The van der Waals surface area contributed by atoms with Gasteiger partial charge in [-0.15, -0.1) is 0 Å². The zero-order valence-electron chi connectivity index (χ0n) is 19.6. The lowest BCUT2D eigenvalue weighted by atomic mass is 9.81. The van der Waals surface area contributed by atoms with Gasteiger partial charge < -0.3 is 19.8 Å². The molecule has 0 amide bonds. The number of hydrogen-bond acceptors (Lipinski definition) is 5. The summed E-state index contributed by atoms with van der Waals surface area (Å²) in [6.45, 7) is 5.47. The van der Waals surface area contributed by atoms with Gasteiger partial charge in [-0.25, -0.2) is 0 Å². The maximum atomic E-state index is 12.1. The second kappa shape index (κ2) is 10.7. The van der Waals surface area contributed by atoms with Crippen LogP contribution in [0.25, 0.3) is 10.9 Å². The van der Waals surface area contributed by atoms with Crippen molar-refractivity contribution in [2.75, 3.05) is 20.2 Å². The van der Waals surface area contributed by atoms with Crippen LogP contribution in [0.4, 0.5) is 0 Å². The first-order valence-corrected chi connectivity index (χ1v) is 11.8. The minimum Gasteiger partial charge on any atom is -0.497 e. The third-order valence-electron chi connectivity index (χ3n) is 6.92.